The Labute approximate surface area is 105 Å². The van der Waals surface area contributed by atoms with Gasteiger partial charge in [0.2, 0.25) is 0 Å². The van der Waals surface area contributed by atoms with Crippen LogP contribution in [0.3, 0.4) is 0 Å². The first-order valence-electron chi connectivity index (χ1n) is 5.89. The average Bonchev–Trinajstić information content (AvgIpc) is 2.84. The maximum Gasteiger partial charge on any atom is 0.307 e. The van der Waals surface area contributed by atoms with Crippen molar-refractivity contribution in [2.24, 2.45) is 0 Å². The van der Waals surface area contributed by atoms with Gasteiger partial charge in [-0.2, -0.15) is 0 Å². The molecular weight excluding hydrogens is 234 g/mol. The van der Waals surface area contributed by atoms with Crippen molar-refractivity contribution in [2.75, 3.05) is 11.9 Å². The smallest absolute Gasteiger partial charge is 0.307 e. The summed E-state index contributed by atoms with van der Waals surface area (Å²) >= 11 is 0. The van der Waals surface area contributed by atoms with E-state index in [0.717, 1.165) is 6.42 Å². The van der Waals surface area contributed by atoms with E-state index in [4.69, 9.17) is 9.84 Å². The molecule has 1 fully saturated rings. The van der Waals surface area contributed by atoms with E-state index < -0.39 is 12.1 Å². The SMILES string of the molecule is O=C(O)Cc1ccccc1NC(=O)C1CCCO1. The molecule has 0 bridgehead atoms. The lowest BCUT2D eigenvalue weighted by Gasteiger charge is -2.13. The molecule has 0 aliphatic carbocycles. The van der Waals surface area contributed by atoms with Crippen LogP contribution >= 0.6 is 0 Å². The highest BCUT2D eigenvalue weighted by Crippen LogP contribution is 2.19. The van der Waals surface area contributed by atoms with Gasteiger partial charge in [0.1, 0.15) is 6.10 Å². The Kier molecular flexibility index (Phi) is 3.94. The van der Waals surface area contributed by atoms with E-state index in [0.29, 0.717) is 24.3 Å². The third-order valence-electron chi connectivity index (χ3n) is 2.84. The Hall–Kier alpha value is -1.88. The number of para-hydroxylation sites is 1. The number of anilines is 1. The van der Waals surface area contributed by atoms with Crippen LogP contribution in [0.2, 0.25) is 0 Å². The van der Waals surface area contributed by atoms with Crippen molar-refractivity contribution in [3.63, 3.8) is 0 Å². The zero-order chi connectivity index (χ0) is 13.0. The van der Waals surface area contributed by atoms with E-state index in [1.165, 1.54) is 0 Å². The molecule has 1 saturated heterocycles. The highest BCUT2D eigenvalue weighted by atomic mass is 16.5. The molecule has 1 heterocycles. The van der Waals surface area contributed by atoms with E-state index in [2.05, 4.69) is 5.32 Å². The summed E-state index contributed by atoms with van der Waals surface area (Å²) in [7, 11) is 0. The second-order valence-electron chi connectivity index (χ2n) is 4.22. The highest BCUT2D eigenvalue weighted by molar-refractivity contribution is 5.95. The lowest BCUT2D eigenvalue weighted by molar-refractivity contribution is -0.136. The van der Waals surface area contributed by atoms with Gasteiger partial charge in [0.15, 0.2) is 0 Å². The fourth-order valence-electron chi connectivity index (χ4n) is 1.96. The van der Waals surface area contributed by atoms with Gasteiger partial charge in [-0.05, 0) is 24.5 Å². The highest BCUT2D eigenvalue weighted by Gasteiger charge is 2.24. The number of benzene rings is 1. The third-order valence-corrected chi connectivity index (χ3v) is 2.84. The van der Waals surface area contributed by atoms with Gasteiger partial charge >= 0.3 is 5.97 Å². The lowest BCUT2D eigenvalue weighted by Crippen LogP contribution is -2.27. The standard InChI is InChI=1S/C13H15NO4/c15-12(16)8-9-4-1-2-5-10(9)14-13(17)11-6-3-7-18-11/h1-2,4-5,11H,3,6-8H2,(H,14,17)(H,15,16). The van der Waals surface area contributed by atoms with Gasteiger partial charge in [0, 0.05) is 12.3 Å². The molecule has 1 atom stereocenters. The van der Waals surface area contributed by atoms with Crippen LogP contribution in [-0.4, -0.2) is 29.7 Å². The largest absolute Gasteiger partial charge is 0.481 e. The van der Waals surface area contributed by atoms with Gasteiger partial charge < -0.3 is 15.2 Å². The fourth-order valence-corrected chi connectivity index (χ4v) is 1.96. The minimum absolute atomic E-state index is 0.109. The minimum atomic E-state index is -0.922. The van der Waals surface area contributed by atoms with Gasteiger partial charge in [0.05, 0.1) is 6.42 Å². The van der Waals surface area contributed by atoms with E-state index in [1.54, 1.807) is 24.3 Å². The quantitative estimate of drug-likeness (QED) is 0.846. The predicted molar refractivity (Wildman–Crippen MR) is 65.4 cm³/mol. The van der Waals surface area contributed by atoms with E-state index in [9.17, 15) is 9.59 Å². The molecule has 5 heteroatoms. The van der Waals surface area contributed by atoms with Crippen LogP contribution in [0.4, 0.5) is 5.69 Å². The molecule has 0 spiro atoms. The van der Waals surface area contributed by atoms with Crippen LogP contribution in [0.25, 0.3) is 0 Å². The molecule has 2 rings (SSSR count). The Balaban J connectivity index is 2.07. The van der Waals surface area contributed by atoms with Crippen LogP contribution in [0.1, 0.15) is 18.4 Å². The van der Waals surface area contributed by atoms with Crippen LogP contribution in [0.15, 0.2) is 24.3 Å². The van der Waals surface area contributed by atoms with Crippen molar-refractivity contribution in [3.05, 3.63) is 29.8 Å². The zero-order valence-corrected chi connectivity index (χ0v) is 9.89. The van der Waals surface area contributed by atoms with Gasteiger partial charge in [-0.3, -0.25) is 9.59 Å². The summed E-state index contributed by atoms with van der Waals surface area (Å²) in [6.45, 7) is 0.606. The second-order valence-corrected chi connectivity index (χ2v) is 4.22. The molecule has 5 nitrogen and oxygen atoms in total. The molecule has 1 amide bonds. The lowest BCUT2D eigenvalue weighted by atomic mass is 10.1. The first-order valence-corrected chi connectivity index (χ1v) is 5.89. The van der Waals surface area contributed by atoms with Crippen LogP contribution in [0, 0.1) is 0 Å². The van der Waals surface area contributed by atoms with Gasteiger partial charge in [-0.15, -0.1) is 0 Å². The molecule has 0 saturated carbocycles. The van der Waals surface area contributed by atoms with Crippen molar-refractivity contribution in [1.29, 1.82) is 0 Å². The summed E-state index contributed by atoms with van der Waals surface area (Å²) in [5.74, 6) is -1.13. The maximum atomic E-state index is 11.9. The number of amides is 1. The molecule has 1 aromatic rings. The Morgan fingerprint density at radius 2 is 2.17 bits per heavy atom. The first-order chi connectivity index (χ1) is 8.66. The first kappa shape index (κ1) is 12.6. The van der Waals surface area contributed by atoms with Crippen LogP contribution in [0.5, 0.6) is 0 Å². The molecule has 18 heavy (non-hydrogen) atoms. The number of aliphatic carboxylic acids is 1. The molecule has 1 aliphatic heterocycles. The molecule has 0 aromatic heterocycles. The molecule has 2 N–H and O–H groups in total. The van der Waals surface area contributed by atoms with Gasteiger partial charge in [0.25, 0.3) is 5.91 Å². The molecule has 1 aromatic carbocycles. The number of carboxylic acids is 1. The van der Waals surface area contributed by atoms with E-state index in [1.807, 2.05) is 0 Å². The number of carboxylic acid groups (broad SMARTS) is 1. The second kappa shape index (κ2) is 5.64. The maximum absolute atomic E-state index is 11.9. The van der Waals surface area contributed by atoms with Crippen molar-refractivity contribution in [2.45, 2.75) is 25.4 Å². The molecule has 1 unspecified atom stereocenters. The molecule has 1 aliphatic rings. The summed E-state index contributed by atoms with van der Waals surface area (Å²) in [6.07, 6.45) is 1.08. The number of ether oxygens (including phenoxy) is 1. The monoisotopic (exact) mass is 249 g/mol. The normalized spacial score (nSPS) is 18.6. The minimum Gasteiger partial charge on any atom is -0.481 e. The fraction of sp³-hybridized carbons (Fsp3) is 0.385. The molecule has 96 valence electrons. The van der Waals surface area contributed by atoms with Crippen molar-refractivity contribution in [1.82, 2.24) is 0 Å². The number of rotatable bonds is 4. The van der Waals surface area contributed by atoms with E-state index >= 15 is 0 Å². The summed E-state index contributed by atoms with van der Waals surface area (Å²) in [5, 5.41) is 11.5. The van der Waals surface area contributed by atoms with Crippen molar-refractivity contribution in [3.8, 4) is 0 Å². The third kappa shape index (κ3) is 3.07. The van der Waals surface area contributed by atoms with Crippen LogP contribution < -0.4 is 5.32 Å². The molecular formula is C13H15NO4. The van der Waals surface area contributed by atoms with Crippen LogP contribution in [-0.2, 0) is 20.7 Å². The zero-order valence-electron chi connectivity index (χ0n) is 9.89. The molecule has 0 radical (unpaired) electrons. The summed E-state index contributed by atoms with van der Waals surface area (Å²) < 4.78 is 5.28. The Morgan fingerprint density at radius 3 is 2.83 bits per heavy atom. The number of hydrogen-bond acceptors (Lipinski definition) is 3. The summed E-state index contributed by atoms with van der Waals surface area (Å²) in [4.78, 5) is 22.6. The average molecular weight is 249 g/mol. The predicted octanol–water partition coefficient (Wildman–Crippen LogP) is 1.43. The van der Waals surface area contributed by atoms with Crippen molar-refractivity contribution >= 4 is 17.6 Å². The number of nitrogens with one attached hydrogen (secondary N) is 1. The topological polar surface area (TPSA) is 75.6 Å². The van der Waals surface area contributed by atoms with E-state index in [-0.39, 0.29) is 12.3 Å². The Bertz CT molecular complexity index is 452. The summed E-state index contributed by atoms with van der Waals surface area (Å²) in [5.41, 5.74) is 1.14. The number of carbonyl (C=O) groups excluding carboxylic acids is 1. The summed E-state index contributed by atoms with van der Waals surface area (Å²) in [6, 6.07) is 6.90. The number of carbonyl (C=O) groups is 2. The van der Waals surface area contributed by atoms with Crippen molar-refractivity contribution < 1.29 is 19.4 Å². The number of hydrogen-bond donors (Lipinski definition) is 2. The van der Waals surface area contributed by atoms with Gasteiger partial charge in [-0.1, -0.05) is 18.2 Å². The van der Waals surface area contributed by atoms with Gasteiger partial charge in [-0.25, -0.2) is 0 Å². The Morgan fingerprint density at radius 1 is 1.39 bits per heavy atom.